The van der Waals surface area contributed by atoms with Crippen LogP contribution in [0, 0.1) is 17.0 Å². The van der Waals surface area contributed by atoms with Gasteiger partial charge in [-0.3, -0.25) is 14.8 Å². The molecule has 1 heterocycles. The van der Waals surface area contributed by atoms with Gasteiger partial charge in [0.15, 0.2) is 0 Å². The molecule has 0 unspecified atom stereocenters. The van der Waals surface area contributed by atoms with Crippen molar-refractivity contribution >= 4 is 27.3 Å². The summed E-state index contributed by atoms with van der Waals surface area (Å²) < 4.78 is 2.52. The summed E-state index contributed by atoms with van der Waals surface area (Å²) in [6.07, 6.45) is 3.65. The van der Waals surface area contributed by atoms with E-state index in [-0.39, 0.29) is 10.6 Å². The molecule has 0 fully saturated rings. The fourth-order valence-electron chi connectivity index (χ4n) is 1.75. The molecular weight excluding hydrogens is 312 g/mol. The number of aromatic nitrogens is 2. The van der Waals surface area contributed by atoms with Gasteiger partial charge >= 0.3 is 0 Å². The number of nitrogens with one attached hydrogen (secondary N) is 1. The van der Waals surface area contributed by atoms with Gasteiger partial charge in [-0.25, -0.2) is 0 Å². The lowest BCUT2D eigenvalue weighted by Gasteiger charge is -2.08. The van der Waals surface area contributed by atoms with E-state index in [0.29, 0.717) is 17.8 Å². The Hall–Kier alpha value is -1.89. The van der Waals surface area contributed by atoms with Crippen molar-refractivity contribution < 1.29 is 4.92 Å². The smallest absolute Gasteiger partial charge is 0.274 e. The molecule has 0 aliphatic rings. The van der Waals surface area contributed by atoms with E-state index >= 15 is 0 Å². The Morgan fingerprint density at radius 3 is 2.84 bits per heavy atom. The fraction of sp³-hybridized carbons (Fsp3) is 0.250. The second-order valence-electron chi connectivity index (χ2n) is 4.25. The minimum Gasteiger partial charge on any atom is -0.380 e. The highest BCUT2D eigenvalue weighted by molar-refractivity contribution is 9.10. The predicted molar refractivity (Wildman–Crippen MR) is 76.1 cm³/mol. The van der Waals surface area contributed by atoms with Gasteiger partial charge < -0.3 is 5.32 Å². The van der Waals surface area contributed by atoms with Crippen molar-refractivity contribution in [2.75, 3.05) is 5.32 Å². The van der Waals surface area contributed by atoms with E-state index in [0.717, 1.165) is 10.0 Å². The third-order valence-electron chi connectivity index (χ3n) is 2.72. The van der Waals surface area contributed by atoms with E-state index < -0.39 is 0 Å². The normalized spacial score (nSPS) is 10.5. The number of hydrogen-bond donors (Lipinski definition) is 1. The van der Waals surface area contributed by atoms with Gasteiger partial charge in [0.05, 0.1) is 16.8 Å². The number of halogens is 1. The van der Waals surface area contributed by atoms with Gasteiger partial charge in [-0.05, 0) is 28.9 Å². The zero-order valence-corrected chi connectivity index (χ0v) is 12.1. The molecule has 1 N–H and O–H groups in total. The van der Waals surface area contributed by atoms with Crippen LogP contribution >= 0.6 is 15.9 Å². The van der Waals surface area contributed by atoms with E-state index in [1.165, 1.54) is 6.07 Å². The van der Waals surface area contributed by atoms with E-state index in [9.17, 15) is 10.1 Å². The summed E-state index contributed by atoms with van der Waals surface area (Å²) in [5, 5.41) is 18.1. The molecule has 0 atom stereocenters. The largest absolute Gasteiger partial charge is 0.380 e. The third kappa shape index (κ3) is 3.11. The van der Waals surface area contributed by atoms with Gasteiger partial charge in [0.2, 0.25) is 0 Å². The molecule has 1 aromatic heterocycles. The first-order valence-corrected chi connectivity index (χ1v) is 6.42. The maximum atomic E-state index is 10.9. The highest BCUT2D eigenvalue weighted by Gasteiger charge is 2.14. The quantitative estimate of drug-likeness (QED) is 0.693. The van der Waals surface area contributed by atoms with Crippen LogP contribution in [-0.2, 0) is 13.6 Å². The van der Waals surface area contributed by atoms with Crippen molar-refractivity contribution in [1.82, 2.24) is 9.78 Å². The molecule has 0 saturated heterocycles. The summed E-state index contributed by atoms with van der Waals surface area (Å²) in [4.78, 5) is 10.5. The van der Waals surface area contributed by atoms with E-state index in [1.54, 1.807) is 23.9 Å². The molecule has 0 aliphatic heterocycles. The SMILES string of the molecule is Cc1cc(Br)c(NCc2cnn(C)c2)cc1[N+](=O)[O-]. The Balaban J connectivity index is 2.20. The van der Waals surface area contributed by atoms with E-state index in [1.807, 2.05) is 13.2 Å². The number of rotatable bonds is 4. The first-order chi connectivity index (χ1) is 8.97. The number of aryl methyl sites for hydroxylation is 2. The number of nitrogens with zero attached hydrogens (tertiary/aromatic N) is 3. The Morgan fingerprint density at radius 2 is 2.26 bits per heavy atom. The van der Waals surface area contributed by atoms with Crippen LogP contribution < -0.4 is 5.32 Å². The van der Waals surface area contributed by atoms with Crippen LogP contribution in [-0.4, -0.2) is 14.7 Å². The Bertz CT molecular complexity index is 624. The Kier molecular flexibility index (Phi) is 3.84. The molecule has 7 heteroatoms. The first kappa shape index (κ1) is 13.5. The Labute approximate surface area is 118 Å². The standard InChI is InChI=1S/C12H13BrN4O2/c1-8-3-10(13)11(4-12(8)17(18)19)14-5-9-6-15-16(2)7-9/h3-4,6-7,14H,5H2,1-2H3. The van der Waals surface area contributed by atoms with Crippen molar-refractivity contribution in [3.05, 3.63) is 50.2 Å². The maximum Gasteiger partial charge on any atom is 0.274 e. The minimum atomic E-state index is -0.378. The maximum absolute atomic E-state index is 10.9. The van der Waals surface area contributed by atoms with Gasteiger partial charge in [0.1, 0.15) is 0 Å². The monoisotopic (exact) mass is 324 g/mol. The topological polar surface area (TPSA) is 73.0 Å². The fourth-order valence-corrected chi connectivity index (χ4v) is 2.35. The molecule has 6 nitrogen and oxygen atoms in total. The summed E-state index contributed by atoms with van der Waals surface area (Å²) in [5.41, 5.74) is 2.44. The molecule has 1 aromatic carbocycles. The van der Waals surface area contributed by atoms with Gasteiger partial charge in [-0.15, -0.1) is 0 Å². The van der Waals surface area contributed by atoms with Crippen LogP contribution in [0.15, 0.2) is 29.0 Å². The minimum absolute atomic E-state index is 0.108. The molecule has 2 aromatic rings. The zero-order valence-electron chi connectivity index (χ0n) is 10.6. The van der Waals surface area contributed by atoms with Crippen molar-refractivity contribution in [2.45, 2.75) is 13.5 Å². The van der Waals surface area contributed by atoms with Gasteiger partial charge in [0, 0.05) is 41.5 Å². The van der Waals surface area contributed by atoms with Crippen LogP contribution in [0.5, 0.6) is 0 Å². The van der Waals surface area contributed by atoms with Gasteiger partial charge in [-0.2, -0.15) is 5.10 Å². The van der Waals surface area contributed by atoms with Crippen LogP contribution in [0.1, 0.15) is 11.1 Å². The lowest BCUT2D eigenvalue weighted by atomic mass is 10.2. The summed E-state index contributed by atoms with van der Waals surface area (Å²) in [7, 11) is 1.84. The van der Waals surface area contributed by atoms with Crippen LogP contribution in [0.3, 0.4) is 0 Å². The molecule has 0 spiro atoms. The number of nitro benzene ring substituents is 1. The van der Waals surface area contributed by atoms with Crippen molar-refractivity contribution in [3.63, 3.8) is 0 Å². The highest BCUT2D eigenvalue weighted by Crippen LogP contribution is 2.30. The average molecular weight is 325 g/mol. The van der Waals surface area contributed by atoms with Gasteiger partial charge in [0.25, 0.3) is 5.69 Å². The predicted octanol–water partition coefficient (Wildman–Crippen LogP) is 3.01. The molecule has 100 valence electrons. The number of benzene rings is 1. The van der Waals surface area contributed by atoms with Crippen LogP contribution in [0.25, 0.3) is 0 Å². The summed E-state index contributed by atoms with van der Waals surface area (Å²) in [6, 6.07) is 3.28. The zero-order chi connectivity index (χ0) is 14.0. The molecule has 0 bridgehead atoms. The molecule has 0 radical (unpaired) electrons. The molecule has 0 saturated carbocycles. The number of anilines is 1. The molecule has 19 heavy (non-hydrogen) atoms. The van der Waals surface area contributed by atoms with Crippen LogP contribution in [0.4, 0.5) is 11.4 Å². The summed E-state index contributed by atoms with van der Waals surface area (Å²) >= 11 is 3.40. The summed E-state index contributed by atoms with van der Waals surface area (Å²) in [6.45, 7) is 2.28. The second kappa shape index (κ2) is 5.40. The number of hydrogen-bond acceptors (Lipinski definition) is 4. The molecular formula is C12H13BrN4O2. The van der Waals surface area contributed by atoms with Crippen LogP contribution in [0.2, 0.25) is 0 Å². The van der Waals surface area contributed by atoms with Crippen molar-refractivity contribution in [3.8, 4) is 0 Å². The van der Waals surface area contributed by atoms with Gasteiger partial charge in [-0.1, -0.05) is 0 Å². The Morgan fingerprint density at radius 1 is 1.53 bits per heavy atom. The molecule has 2 rings (SSSR count). The molecule has 0 amide bonds. The lowest BCUT2D eigenvalue weighted by molar-refractivity contribution is -0.385. The van der Waals surface area contributed by atoms with Crippen molar-refractivity contribution in [1.29, 1.82) is 0 Å². The summed E-state index contributed by atoms with van der Waals surface area (Å²) in [5.74, 6) is 0. The first-order valence-electron chi connectivity index (χ1n) is 5.63. The highest BCUT2D eigenvalue weighted by atomic mass is 79.9. The number of nitro groups is 1. The average Bonchev–Trinajstić information content (AvgIpc) is 2.73. The molecule has 0 aliphatic carbocycles. The van der Waals surface area contributed by atoms with Crippen molar-refractivity contribution in [2.24, 2.45) is 7.05 Å². The second-order valence-corrected chi connectivity index (χ2v) is 5.11. The van der Waals surface area contributed by atoms with E-state index in [4.69, 9.17) is 0 Å². The lowest BCUT2D eigenvalue weighted by Crippen LogP contribution is -2.01. The third-order valence-corrected chi connectivity index (χ3v) is 3.38. The van der Waals surface area contributed by atoms with E-state index in [2.05, 4.69) is 26.3 Å².